The maximum absolute atomic E-state index is 14.1. The van der Waals surface area contributed by atoms with Gasteiger partial charge in [0.25, 0.3) is 0 Å². The molecular weight excluding hydrogens is 305 g/mol. The van der Waals surface area contributed by atoms with Gasteiger partial charge in [0.05, 0.1) is 13.2 Å². The zero-order valence-corrected chi connectivity index (χ0v) is 13.0. The number of ether oxygens (including phenoxy) is 2. The Morgan fingerprint density at radius 2 is 1.65 bits per heavy atom. The molecule has 0 radical (unpaired) electrons. The van der Waals surface area contributed by atoms with Gasteiger partial charge in [-0.25, -0.2) is 13.2 Å². The Kier molecular flexibility index (Phi) is 6.02. The summed E-state index contributed by atoms with van der Waals surface area (Å²) in [6, 6.07) is 3.16. The molecule has 1 aliphatic heterocycles. The summed E-state index contributed by atoms with van der Waals surface area (Å²) in [5.41, 5.74) is -1.08. The van der Waals surface area contributed by atoms with Gasteiger partial charge in [-0.15, -0.1) is 6.58 Å². The molecule has 0 spiro atoms. The maximum Gasteiger partial charge on any atom is 0.175 e. The fourth-order valence-corrected chi connectivity index (χ4v) is 2.38. The number of halogens is 3. The SMILES string of the molecule is C=CCCc1ccc(CCC2OCC(F)(C=C)CO2)c(F)c1F. The summed E-state index contributed by atoms with van der Waals surface area (Å²) in [4.78, 5) is 0. The van der Waals surface area contributed by atoms with Gasteiger partial charge in [-0.1, -0.05) is 30.9 Å². The normalized spacial score (nSPS) is 24.4. The Balaban J connectivity index is 1.92. The lowest BCUT2D eigenvalue weighted by molar-refractivity contribution is -0.223. The van der Waals surface area contributed by atoms with Crippen LogP contribution in [0.3, 0.4) is 0 Å². The van der Waals surface area contributed by atoms with Gasteiger partial charge in [0, 0.05) is 6.42 Å². The molecule has 0 N–H and O–H groups in total. The van der Waals surface area contributed by atoms with Crippen LogP contribution in [0.5, 0.6) is 0 Å². The van der Waals surface area contributed by atoms with Crippen molar-refractivity contribution in [3.8, 4) is 0 Å². The Bertz CT molecular complexity index is 564. The van der Waals surface area contributed by atoms with Gasteiger partial charge < -0.3 is 9.47 Å². The fraction of sp³-hybridized carbons (Fsp3) is 0.444. The Labute approximate surface area is 134 Å². The molecule has 0 bridgehead atoms. The van der Waals surface area contributed by atoms with Crippen LogP contribution < -0.4 is 0 Å². The van der Waals surface area contributed by atoms with Gasteiger partial charge in [-0.2, -0.15) is 0 Å². The first-order valence-corrected chi connectivity index (χ1v) is 7.61. The van der Waals surface area contributed by atoms with Gasteiger partial charge in [0.15, 0.2) is 23.6 Å². The van der Waals surface area contributed by atoms with Crippen molar-refractivity contribution in [2.45, 2.75) is 37.6 Å². The van der Waals surface area contributed by atoms with Crippen molar-refractivity contribution in [1.82, 2.24) is 0 Å². The number of hydrogen-bond acceptors (Lipinski definition) is 2. The quantitative estimate of drug-likeness (QED) is 0.696. The van der Waals surface area contributed by atoms with Crippen molar-refractivity contribution in [3.05, 3.63) is 60.2 Å². The minimum absolute atomic E-state index is 0.140. The van der Waals surface area contributed by atoms with E-state index in [9.17, 15) is 13.2 Å². The van der Waals surface area contributed by atoms with E-state index in [-0.39, 0.29) is 25.2 Å². The Hall–Kier alpha value is -1.59. The van der Waals surface area contributed by atoms with Crippen molar-refractivity contribution >= 4 is 0 Å². The molecule has 0 saturated carbocycles. The minimum atomic E-state index is -1.68. The highest BCUT2D eigenvalue weighted by Gasteiger charge is 2.34. The molecule has 1 aromatic carbocycles. The van der Waals surface area contributed by atoms with E-state index in [0.717, 1.165) is 6.08 Å². The van der Waals surface area contributed by atoms with Crippen LogP contribution in [-0.2, 0) is 22.3 Å². The highest BCUT2D eigenvalue weighted by molar-refractivity contribution is 5.27. The third-order valence-electron chi connectivity index (χ3n) is 3.89. The first-order valence-electron chi connectivity index (χ1n) is 7.61. The molecule has 0 unspecified atom stereocenters. The van der Waals surface area contributed by atoms with E-state index in [1.54, 1.807) is 18.2 Å². The van der Waals surface area contributed by atoms with Crippen LogP contribution in [-0.4, -0.2) is 25.2 Å². The molecule has 2 nitrogen and oxygen atoms in total. The fourth-order valence-electron chi connectivity index (χ4n) is 2.38. The minimum Gasteiger partial charge on any atom is -0.349 e. The summed E-state index contributed by atoms with van der Waals surface area (Å²) in [6.07, 6.45) is 3.78. The van der Waals surface area contributed by atoms with Gasteiger partial charge in [0.1, 0.15) is 0 Å². The predicted octanol–water partition coefficient (Wildman–Crippen LogP) is 4.28. The van der Waals surface area contributed by atoms with Crippen LogP contribution in [0.4, 0.5) is 13.2 Å². The summed E-state index contributed by atoms with van der Waals surface area (Å²) in [5, 5.41) is 0. The third kappa shape index (κ3) is 4.45. The summed E-state index contributed by atoms with van der Waals surface area (Å²) < 4.78 is 52.4. The lowest BCUT2D eigenvalue weighted by Gasteiger charge is -2.32. The molecule has 1 aromatic rings. The molecule has 1 saturated heterocycles. The van der Waals surface area contributed by atoms with Crippen LogP contribution in [0.25, 0.3) is 0 Å². The van der Waals surface area contributed by atoms with Gasteiger partial charge in [-0.05, 0) is 30.4 Å². The second-order valence-corrected chi connectivity index (χ2v) is 5.67. The number of allylic oxidation sites excluding steroid dienone is 1. The average Bonchev–Trinajstić information content (AvgIpc) is 2.57. The van der Waals surface area contributed by atoms with E-state index in [2.05, 4.69) is 13.2 Å². The molecule has 0 aliphatic carbocycles. The molecular formula is C18H21F3O2. The van der Waals surface area contributed by atoms with Gasteiger partial charge >= 0.3 is 0 Å². The molecule has 0 aromatic heterocycles. The molecule has 23 heavy (non-hydrogen) atoms. The standard InChI is InChI=1S/C18H21F3O2/c1-3-5-6-13-7-8-14(17(20)16(13)19)9-10-15-22-11-18(21,4-2)12-23-15/h3-4,7-8,15H,1-2,5-6,9-12H2. The molecule has 0 amide bonds. The molecule has 126 valence electrons. The van der Waals surface area contributed by atoms with Crippen molar-refractivity contribution in [2.75, 3.05) is 13.2 Å². The molecule has 0 atom stereocenters. The highest BCUT2D eigenvalue weighted by Crippen LogP contribution is 2.24. The lowest BCUT2D eigenvalue weighted by Crippen LogP contribution is -2.42. The van der Waals surface area contributed by atoms with Crippen molar-refractivity contribution in [3.63, 3.8) is 0 Å². The van der Waals surface area contributed by atoms with E-state index in [1.165, 1.54) is 0 Å². The second kappa shape index (κ2) is 7.79. The van der Waals surface area contributed by atoms with Crippen LogP contribution in [0.1, 0.15) is 24.0 Å². The van der Waals surface area contributed by atoms with Crippen LogP contribution in [0.2, 0.25) is 0 Å². The second-order valence-electron chi connectivity index (χ2n) is 5.67. The predicted molar refractivity (Wildman–Crippen MR) is 82.9 cm³/mol. The van der Waals surface area contributed by atoms with Crippen molar-refractivity contribution in [1.29, 1.82) is 0 Å². The number of hydrogen-bond donors (Lipinski definition) is 0. The summed E-state index contributed by atoms with van der Waals surface area (Å²) in [7, 11) is 0. The average molecular weight is 326 g/mol. The van der Waals surface area contributed by atoms with Gasteiger partial charge in [0.2, 0.25) is 0 Å². The zero-order chi connectivity index (χ0) is 16.9. The zero-order valence-electron chi connectivity index (χ0n) is 13.0. The molecule has 5 heteroatoms. The van der Waals surface area contributed by atoms with E-state index in [1.807, 2.05) is 0 Å². The van der Waals surface area contributed by atoms with Gasteiger partial charge in [-0.3, -0.25) is 0 Å². The Morgan fingerprint density at radius 1 is 1.09 bits per heavy atom. The molecule has 1 aliphatic rings. The van der Waals surface area contributed by atoms with E-state index >= 15 is 0 Å². The summed E-state index contributed by atoms with van der Waals surface area (Å²) >= 11 is 0. The monoisotopic (exact) mass is 326 g/mol. The number of benzene rings is 1. The van der Waals surface area contributed by atoms with E-state index in [0.29, 0.717) is 24.8 Å². The summed E-state index contributed by atoms with van der Waals surface area (Å²) in [5.74, 6) is -1.66. The number of aryl methyl sites for hydroxylation is 2. The van der Waals surface area contributed by atoms with Crippen molar-refractivity contribution in [2.24, 2.45) is 0 Å². The maximum atomic E-state index is 14.1. The molecule has 1 heterocycles. The topological polar surface area (TPSA) is 18.5 Å². The van der Waals surface area contributed by atoms with Crippen LogP contribution in [0.15, 0.2) is 37.4 Å². The Morgan fingerprint density at radius 3 is 2.17 bits per heavy atom. The third-order valence-corrected chi connectivity index (χ3v) is 3.89. The lowest BCUT2D eigenvalue weighted by atomic mass is 10.0. The number of alkyl halides is 1. The highest BCUT2D eigenvalue weighted by atomic mass is 19.2. The largest absolute Gasteiger partial charge is 0.349 e. The summed E-state index contributed by atoms with van der Waals surface area (Å²) in [6.45, 7) is 6.68. The van der Waals surface area contributed by atoms with E-state index in [4.69, 9.17) is 9.47 Å². The van der Waals surface area contributed by atoms with E-state index < -0.39 is 23.6 Å². The van der Waals surface area contributed by atoms with Crippen molar-refractivity contribution < 1.29 is 22.6 Å². The van der Waals surface area contributed by atoms with Crippen LogP contribution in [0, 0.1) is 11.6 Å². The molecule has 2 rings (SSSR count). The molecule has 1 fully saturated rings. The number of rotatable bonds is 7. The first kappa shape index (κ1) is 17.8. The van der Waals surface area contributed by atoms with Crippen LogP contribution >= 0.6 is 0 Å². The smallest absolute Gasteiger partial charge is 0.175 e. The first-order chi connectivity index (χ1) is 11.0.